The van der Waals surface area contributed by atoms with Gasteiger partial charge >= 0.3 is 0 Å². The maximum atomic E-state index is 14.5. The Morgan fingerprint density at radius 2 is 1.07 bits per heavy atom. The number of rotatable bonds is 1. The average molecular weight is 536 g/mol. The van der Waals surface area contributed by atoms with Crippen LogP contribution in [0, 0.1) is 0 Å². The normalized spacial score (nSPS) is 14.2. The maximum absolute atomic E-state index is 14.5. The Bertz CT molecular complexity index is 2490. The van der Waals surface area contributed by atoms with Crippen molar-refractivity contribution in [1.82, 2.24) is 4.40 Å². The van der Waals surface area contributed by atoms with Gasteiger partial charge in [-0.2, -0.15) is 0 Å². The topological polar surface area (TPSA) is 21.5 Å². The van der Waals surface area contributed by atoms with Crippen molar-refractivity contribution in [2.75, 3.05) is 0 Å². The van der Waals surface area contributed by atoms with Crippen molar-refractivity contribution in [2.45, 2.75) is 18.8 Å². The molecule has 0 amide bonds. The Kier molecular flexibility index (Phi) is 4.04. The highest BCUT2D eigenvalue weighted by atomic mass is 16.1. The summed E-state index contributed by atoms with van der Waals surface area (Å²) in [4.78, 5) is 14.5. The second-order valence-electron chi connectivity index (χ2n) is 11.9. The molecule has 0 atom stereocenters. The van der Waals surface area contributed by atoms with Gasteiger partial charge in [0.2, 0.25) is 0 Å². The van der Waals surface area contributed by atoms with E-state index >= 15 is 0 Å². The molecule has 42 heavy (non-hydrogen) atoms. The third kappa shape index (κ3) is 2.36. The summed E-state index contributed by atoms with van der Waals surface area (Å²) in [6.45, 7) is 2.21. The van der Waals surface area contributed by atoms with E-state index in [1.165, 1.54) is 50.1 Å². The molecule has 0 saturated carbocycles. The molecule has 0 fully saturated rings. The number of aryl methyl sites for hydroxylation is 1. The summed E-state index contributed by atoms with van der Waals surface area (Å²) in [5.41, 5.74) is 13.1. The lowest BCUT2D eigenvalue weighted by molar-refractivity contribution is 0.794. The smallest absolute Gasteiger partial charge is 0.263 e. The number of benzene rings is 6. The van der Waals surface area contributed by atoms with E-state index in [0.717, 1.165) is 44.4 Å². The van der Waals surface area contributed by atoms with Crippen LogP contribution >= 0.6 is 0 Å². The monoisotopic (exact) mass is 535 g/mol. The van der Waals surface area contributed by atoms with Gasteiger partial charge in [-0.15, -0.1) is 0 Å². The van der Waals surface area contributed by atoms with Crippen LogP contribution in [-0.4, -0.2) is 4.40 Å². The molecule has 2 aliphatic carbocycles. The fourth-order valence-corrected chi connectivity index (χ4v) is 8.50. The predicted molar refractivity (Wildman–Crippen MR) is 173 cm³/mol. The van der Waals surface area contributed by atoms with E-state index in [0.29, 0.717) is 0 Å². The zero-order chi connectivity index (χ0) is 27.7. The molecule has 2 heteroatoms. The molecule has 6 aromatic carbocycles. The van der Waals surface area contributed by atoms with Crippen LogP contribution in [0.5, 0.6) is 0 Å². The minimum Gasteiger partial charge on any atom is -0.274 e. The van der Waals surface area contributed by atoms with Gasteiger partial charge in [-0.05, 0) is 74.5 Å². The lowest BCUT2D eigenvalue weighted by Crippen LogP contribution is -2.25. The summed E-state index contributed by atoms with van der Waals surface area (Å²) >= 11 is 0. The summed E-state index contributed by atoms with van der Waals surface area (Å²) in [5, 5.41) is 5.27. The summed E-state index contributed by atoms with van der Waals surface area (Å²) in [6.07, 6.45) is 0.941. The van der Waals surface area contributed by atoms with Gasteiger partial charge in [-0.3, -0.25) is 9.20 Å². The van der Waals surface area contributed by atoms with Crippen molar-refractivity contribution in [3.05, 3.63) is 159 Å². The number of hydrogen-bond acceptors (Lipinski definition) is 1. The van der Waals surface area contributed by atoms with Crippen LogP contribution in [0.2, 0.25) is 0 Å². The molecule has 10 rings (SSSR count). The molecule has 0 saturated heterocycles. The van der Waals surface area contributed by atoms with Crippen molar-refractivity contribution in [3.63, 3.8) is 0 Å². The molecule has 2 aromatic heterocycles. The molecule has 0 unspecified atom stereocenters. The first-order valence-electron chi connectivity index (χ1n) is 14.8. The molecule has 2 aliphatic rings. The minimum absolute atomic E-state index is 0.0569. The van der Waals surface area contributed by atoms with E-state index in [1.807, 2.05) is 22.6 Å². The van der Waals surface area contributed by atoms with Gasteiger partial charge in [-0.1, -0.05) is 110 Å². The molecular weight excluding hydrogens is 510 g/mol. The van der Waals surface area contributed by atoms with Crippen LogP contribution in [0.15, 0.2) is 126 Å². The van der Waals surface area contributed by atoms with Gasteiger partial charge in [0.25, 0.3) is 5.56 Å². The highest BCUT2D eigenvalue weighted by Crippen LogP contribution is 2.63. The summed E-state index contributed by atoms with van der Waals surface area (Å²) < 4.78 is 2.04. The van der Waals surface area contributed by atoms with Crippen LogP contribution in [0.25, 0.3) is 60.2 Å². The minimum atomic E-state index is -0.433. The van der Waals surface area contributed by atoms with E-state index in [2.05, 4.69) is 110 Å². The van der Waals surface area contributed by atoms with E-state index < -0.39 is 5.41 Å². The van der Waals surface area contributed by atoms with E-state index in [-0.39, 0.29) is 5.56 Å². The van der Waals surface area contributed by atoms with Gasteiger partial charge in [0, 0.05) is 27.1 Å². The van der Waals surface area contributed by atoms with Crippen LogP contribution in [0.4, 0.5) is 0 Å². The fraction of sp³-hybridized carbons (Fsp3) is 0.0750. The van der Waals surface area contributed by atoms with Gasteiger partial charge in [0.1, 0.15) is 0 Å². The van der Waals surface area contributed by atoms with Gasteiger partial charge in [0.15, 0.2) is 0 Å². The molecule has 0 bridgehead atoms. The molecule has 196 valence electrons. The zero-order valence-corrected chi connectivity index (χ0v) is 23.1. The largest absolute Gasteiger partial charge is 0.274 e. The maximum Gasteiger partial charge on any atom is 0.263 e. The Morgan fingerprint density at radius 3 is 1.74 bits per heavy atom. The molecule has 0 aliphatic heterocycles. The number of aromatic nitrogens is 1. The number of pyridine rings is 1. The molecule has 1 spiro atoms. The summed E-state index contributed by atoms with van der Waals surface area (Å²) in [7, 11) is 0. The van der Waals surface area contributed by atoms with Crippen LogP contribution in [0.3, 0.4) is 0 Å². The third-order valence-corrected chi connectivity index (χ3v) is 10.1. The van der Waals surface area contributed by atoms with E-state index in [4.69, 9.17) is 0 Å². The number of nitrogens with zero attached hydrogens (tertiary/aromatic N) is 1. The van der Waals surface area contributed by atoms with Crippen molar-refractivity contribution in [2.24, 2.45) is 0 Å². The van der Waals surface area contributed by atoms with Gasteiger partial charge < -0.3 is 0 Å². The summed E-state index contributed by atoms with van der Waals surface area (Å²) in [6, 6.07) is 44.0. The van der Waals surface area contributed by atoms with Crippen LogP contribution < -0.4 is 5.56 Å². The van der Waals surface area contributed by atoms with Crippen molar-refractivity contribution < 1.29 is 0 Å². The number of fused-ring (bicyclic) bond motifs is 16. The third-order valence-electron chi connectivity index (χ3n) is 10.1. The Balaban J connectivity index is 1.49. The Hall–Kier alpha value is -5.21. The zero-order valence-electron chi connectivity index (χ0n) is 23.1. The first-order chi connectivity index (χ1) is 20.7. The summed E-state index contributed by atoms with van der Waals surface area (Å²) in [5.74, 6) is 0. The van der Waals surface area contributed by atoms with E-state index in [1.54, 1.807) is 0 Å². The van der Waals surface area contributed by atoms with E-state index in [9.17, 15) is 4.79 Å². The number of hydrogen-bond donors (Lipinski definition) is 0. The lowest BCUT2D eigenvalue weighted by atomic mass is 9.70. The molecule has 2 heterocycles. The lowest BCUT2D eigenvalue weighted by Gasteiger charge is -2.30. The predicted octanol–water partition coefficient (Wildman–Crippen LogP) is 9.10. The van der Waals surface area contributed by atoms with Crippen LogP contribution in [0.1, 0.15) is 34.7 Å². The van der Waals surface area contributed by atoms with Crippen molar-refractivity contribution >= 4 is 38.0 Å². The molecule has 8 aromatic rings. The first-order valence-corrected chi connectivity index (χ1v) is 14.8. The molecule has 0 N–H and O–H groups in total. The molecule has 2 nitrogen and oxygen atoms in total. The van der Waals surface area contributed by atoms with Gasteiger partial charge in [-0.25, -0.2) is 0 Å². The van der Waals surface area contributed by atoms with Crippen molar-refractivity contribution in [3.8, 4) is 22.3 Å². The Morgan fingerprint density at radius 1 is 0.524 bits per heavy atom. The highest BCUT2D eigenvalue weighted by molar-refractivity contribution is 6.23. The average Bonchev–Trinajstić information content (AvgIpc) is 3.65. The first kappa shape index (κ1) is 22.5. The van der Waals surface area contributed by atoms with Crippen LogP contribution in [-0.2, 0) is 11.8 Å². The van der Waals surface area contributed by atoms with Crippen molar-refractivity contribution in [1.29, 1.82) is 0 Å². The fourth-order valence-electron chi connectivity index (χ4n) is 8.50. The highest BCUT2D eigenvalue weighted by Gasteiger charge is 2.52. The molecular formula is C40H25NO. The Labute approximate surface area is 242 Å². The quantitative estimate of drug-likeness (QED) is 0.192. The SMILES string of the molecule is CCc1cc2c3ccccc3c(=O)n3c4c5c(ccc4c(c1)c23)C1(c2ccccc2-c2ccccc21)c1ccccc1-5. The van der Waals surface area contributed by atoms with Gasteiger partial charge in [0.05, 0.1) is 16.4 Å². The second-order valence-corrected chi connectivity index (χ2v) is 11.9. The standard InChI is InChI=1S/C40H25NO/c1-2-23-21-30-24-11-3-4-14-28(24)39(42)41-37(30)31(22-23)27-19-20-35-36(38(27)41)29-15-7-10-18-34(29)40(35)32-16-8-5-12-25(32)26-13-6-9-17-33(26)40/h3-22H,2H2,1H3. The molecule has 0 radical (unpaired) electrons. The second kappa shape index (κ2) is 7.54.